The predicted octanol–water partition coefficient (Wildman–Crippen LogP) is 0.341. The normalized spacial score (nSPS) is 23.0. The van der Waals surface area contributed by atoms with Crippen LogP contribution in [0.5, 0.6) is 5.75 Å². The maximum atomic E-state index is 15.1. The summed E-state index contributed by atoms with van der Waals surface area (Å²) in [6.07, 6.45) is 0.587. The molecule has 3 unspecified atom stereocenters. The fourth-order valence-electron chi connectivity index (χ4n) is 4.11. The number of aliphatic hydroxyl groups is 1. The summed E-state index contributed by atoms with van der Waals surface area (Å²) in [6, 6.07) is 0.280. The quantitative estimate of drug-likeness (QED) is 0.633. The zero-order valence-electron chi connectivity index (χ0n) is 16.0. The number of aromatic nitrogens is 2. The SMILES string of the molecule is COc1c(N2CC(F)C(C(N)CO)C2)c(F)cc2c(=O)[nH]c(=O)n(CC3CC3)c12. The average molecular weight is 410 g/mol. The van der Waals surface area contributed by atoms with Crippen molar-refractivity contribution in [1.82, 2.24) is 9.55 Å². The summed E-state index contributed by atoms with van der Waals surface area (Å²) in [4.78, 5) is 28.5. The van der Waals surface area contributed by atoms with E-state index < -0.39 is 35.2 Å². The van der Waals surface area contributed by atoms with Gasteiger partial charge in [-0.25, -0.2) is 13.6 Å². The van der Waals surface area contributed by atoms with Crippen molar-refractivity contribution < 1.29 is 18.6 Å². The second-order valence-corrected chi connectivity index (χ2v) is 7.88. The zero-order chi connectivity index (χ0) is 20.9. The van der Waals surface area contributed by atoms with Crippen LogP contribution in [-0.4, -0.2) is 53.7 Å². The molecule has 0 spiro atoms. The van der Waals surface area contributed by atoms with Gasteiger partial charge in [-0.15, -0.1) is 0 Å². The Morgan fingerprint density at radius 1 is 1.38 bits per heavy atom. The maximum Gasteiger partial charge on any atom is 0.328 e. The van der Waals surface area contributed by atoms with Crippen molar-refractivity contribution >= 4 is 16.6 Å². The molecule has 1 saturated heterocycles. The van der Waals surface area contributed by atoms with Gasteiger partial charge in [-0.1, -0.05) is 0 Å². The molecule has 1 aliphatic carbocycles. The first-order valence-electron chi connectivity index (χ1n) is 9.64. The lowest BCUT2D eigenvalue weighted by molar-refractivity contribution is 0.184. The Balaban J connectivity index is 1.90. The van der Waals surface area contributed by atoms with Crippen molar-refractivity contribution in [3.8, 4) is 5.75 Å². The first-order valence-corrected chi connectivity index (χ1v) is 9.64. The lowest BCUT2D eigenvalue weighted by Gasteiger charge is -2.24. The van der Waals surface area contributed by atoms with Crippen molar-refractivity contribution in [2.45, 2.75) is 31.6 Å². The minimum absolute atomic E-state index is 0.00274. The average Bonchev–Trinajstić information content (AvgIpc) is 3.43. The fourth-order valence-corrected chi connectivity index (χ4v) is 4.11. The lowest BCUT2D eigenvalue weighted by atomic mass is 9.99. The highest BCUT2D eigenvalue weighted by Crippen LogP contribution is 2.41. The van der Waals surface area contributed by atoms with E-state index in [2.05, 4.69) is 4.98 Å². The van der Waals surface area contributed by atoms with Gasteiger partial charge < -0.3 is 20.5 Å². The van der Waals surface area contributed by atoms with E-state index in [1.165, 1.54) is 16.6 Å². The number of aliphatic hydroxyl groups excluding tert-OH is 1. The number of nitrogens with zero attached hydrogens (tertiary/aromatic N) is 2. The standard InChI is InChI=1S/C19H24F2N4O4/c1-29-17-15-10(18(27)23-19(28)25(15)5-9-2-3-9)4-12(20)16(17)24-6-11(13(21)7-24)14(22)8-26/h4,9,11,13-14,26H,2-3,5-8,22H2,1H3,(H,23,27,28). The number of benzene rings is 1. The van der Waals surface area contributed by atoms with Gasteiger partial charge in [0.1, 0.15) is 17.4 Å². The number of H-pyrrole nitrogens is 1. The summed E-state index contributed by atoms with van der Waals surface area (Å²) < 4.78 is 36.5. The van der Waals surface area contributed by atoms with Crippen LogP contribution in [0.25, 0.3) is 10.9 Å². The number of hydrogen-bond acceptors (Lipinski definition) is 6. The molecule has 0 radical (unpaired) electrons. The van der Waals surface area contributed by atoms with E-state index in [-0.39, 0.29) is 42.0 Å². The van der Waals surface area contributed by atoms with E-state index in [0.29, 0.717) is 12.5 Å². The van der Waals surface area contributed by atoms with Gasteiger partial charge in [0.25, 0.3) is 5.56 Å². The predicted molar refractivity (Wildman–Crippen MR) is 104 cm³/mol. The molecule has 2 aliphatic rings. The Kier molecular flexibility index (Phi) is 5.07. The summed E-state index contributed by atoms with van der Waals surface area (Å²) in [5.41, 5.74) is 4.70. The molecule has 3 atom stereocenters. The van der Waals surface area contributed by atoms with Crippen molar-refractivity contribution in [2.75, 3.05) is 31.7 Å². The van der Waals surface area contributed by atoms with Crippen molar-refractivity contribution in [3.05, 3.63) is 32.7 Å². The van der Waals surface area contributed by atoms with Crippen LogP contribution in [0.15, 0.2) is 15.7 Å². The number of fused-ring (bicyclic) bond motifs is 1. The van der Waals surface area contributed by atoms with E-state index in [1.807, 2.05) is 0 Å². The number of nitrogens with two attached hydrogens (primary N) is 1. The van der Waals surface area contributed by atoms with Crippen LogP contribution in [0.1, 0.15) is 12.8 Å². The van der Waals surface area contributed by atoms with Gasteiger partial charge in [0, 0.05) is 31.6 Å². The fraction of sp³-hybridized carbons (Fsp3) is 0.579. The van der Waals surface area contributed by atoms with Crippen molar-refractivity contribution in [2.24, 2.45) is 17.6 Å². The first-order chi connectivity index (χ1) is 13.8. The van der Waals surface area contributed by atoms with E-state index in [4.69, 9.17) is 10.5 Å². The van der Waals surface area contributed by atoms with Gasteiger partial charge in [-0.05, 0) is 24.8 Å². The largest absolute Gasteiger partial charge is 0.492 e. The second kappa shape index (κ2) is 7.42. The Morgan fingerprint density at radius 2 is 2.10 bits per heavy atom. The number of methoxy groups -OCH3 is 1. The Hall–Kier alpha value is -2.46. The molecule has 1 saturated carbocycles. The molecule has 1 aliphatic heterocycles. The lowest BCUT2D eigenvalue weighted by Crippen LogP contribution is -2.39. The maximum absolute atomic E-state index is 15.1. The van der Waals surface area contributed by atoms with Crippen LogP contribution in [0.4, 0.5) is 14.5 Å². The second-order valence-electron chi connectivity index (χ2n) is 7.88. The third-order valence-corrected chi connectivity index (χ3v) is 5.87. The third-order valence-electron chi connectivity index (χ3n) is 5.87. The van der Waals surface area contributed by atoms with Gasteiger partial charge in [-0.2, -0.15) is 0 Å². The molecule has 29 heavy (non-hydrogen) atoms. The van der Waals surface area contributed by atoms with E-state index in [0.717, 1.165) is 18.9 Å². The molecule has 10 heteroatoms. The number of ether oxygens (including phenoxy) is 1. The molecule has 0 bridgehead atoms. The molecule has 8 nitrogen and oxygen atoms in total. The smallest absolute Gasteiger partial charge is 0.328 e. The summed E-state index contributed by atoms with van der Waals surface area (Å²) >= 11 is 0. The Morgan fingerprint density at radius 3 is 2.72 bits per heavy atom. The summed E-state index contributed by atoms with van der Waals surface area (Å²) in [6.45, 7) is -0.0468. The molecule has 2 fully saturated rings. The van der Waals surface area contributed by atoms with Gasteiger partial charge in [-0.3, -0.25) is 14.3 Å². The number of aromatic amines is 1. The molecule has 0 amide bonds. The van der Waals surface area contributed by atoms with Crippen LogP contribution in [0.2, 0.25) is 0 Å². The molecular formula is C19H24F2N4O4. The number of nitrogens with one attached hydrogen (secondary N) is 1. The number of alkyl halides is 1. The third kappa shape index (κ3) is 3.40. The van der Waals surface area contributed by atoms with E-state index in [9.17, 15) is 19.1 Å². The number of rotatable bonds is 6. The Labute approximate surface area is 164 Å². The minimum atomic E-state index is -1.36. The van der Waals surface area contributed by atoms with Gasteiger partial charge >= 0.3 is 5.69 Å². The van der Waals surface area contributed by atoms with Gasteiger partial charge in [0.15, 0.2) is 11.6 Å². The summed E-state index contributed by atoms with van der Waals surface area (Å²) in [7, 11) is 1.32. The van der Waals surface area contributed by atoms with Gasteiger partial charge in [0.05, 0.1) is 19.1 Å². The first kappa shape index (κ1) is 19.8. The molecule has 4 rings (SSSR count). The van der Waals surface area contributed by atoms with Crippen molar-refractivity contribution in [3.63, 3.8) is 0 Å². The van der Waals surface area contributed by atoms with Crippen molar-refractivity contribution in [1.29, 1.82) is 0 Å². The number of hydrogen-bond donors (Lipinski definition) is 3. The van der Waals surface area contributed by atoms with Crippen LogP contribution in [0.3, 0.4) is 0 Å². The number of halogens is 2. The van der Waals surface area contributed by atoms with E-state index >= 15 is 4.39 Å². The number of anilines is 1. The molecule has 4 N–H and O–H groups in total. The van der Waals surface area contributed by atoms with E-state index in [1.54, 1.807) is 0 Å². The molecular weight excluding hydrogens is 386 g/mol. The molecule has 158 valence electrons. The molecule has 2 aromatic rings. The summed E-state index contributed by atoms with van der Waals surface area (Å²) in [5.74, 6) is -1.09. The van der Waals surface area contributed by atoms with Crippen LogP contribution in [-0.2, 0) is 6.54 Å². The summed E-state index contributed by atoms with van der Waals surface area (Å²) in [5, 5.41) is 9.27. The zero-order valence-corrected chi connectivity index (χ0v) is 16.0. The molecule has 2 heterocycles. The minimum Gasteiger partial charge on any atom is -0.492 e. The highest BCUT2D eigenvalue weighted by Gasteiger charge is 2.39. The highest BCUT2D eigenvalue weighted by molar-refractivity contribution is 5.91. The monoisotopic (exact) mass is 410 g/mol. The topological polar surface area (TPSA) is 114 Å². The van der Waals surface area contributed by atoms with Crippen LogP contribution in [0, 0.1) is 17.7 Å². The van der Waals surface area contributed by atoms with Crippen LogP contribution < -0.4 is 26.6 Å². The highest BCUT2D eigenvalue weighted by atomic mass is 19.1. The molecule has 1 aromatic heterocycles. The Bertz CT molecular complexity index is 1050. The van der Waals surface area contributed by atoms with Gasteiger partial charge in [0.2, 0.25) is 0 Å². The van der Waals surface area contributed by atoms with Crippen LogP contribution >= 0.6 is 0 Å². The molecule has 1 aromatic carbocycles.